The van der Waals surface area contributed by atoms with Crippen LogP contribution in [-0.4, -0.2) is 55.5 Å². The lowest BCUT2D eigenvalue weighted by Crippen LogP contribution is -2.07. The van der Waals surface area contributed by atoms with Crippen LogP contribution in [0.5, 0.6) is 0 Å². The number of benzene rings is 6. The van der Waals surface area contributed by atoms with Crippen molar-refractivity contribution in [2.75, 3.05) is 0 Å². The fourth-order valence-corrected chi connectivity index (χ4v) is 6.45. The molecule has 5 nitrogen and oxygen atoms in total. The van der Waals surface area contributed by atoms with E-state index in [-0.39, 0.29) is 0 Å². The molecule has 0 atom stereocenters. The molecule has 0 aliphatic heterocycles. The van der Waals surface area contributed by atoms with Crippen molar-refractivity contribution < 1.29 is 0 Å². The Balaban J connectivity index is 0.000000604. The zero-order valence-corrected chi connectivity index (χ0v) is 32.0. The third-order valence-electron chi connectivity index (χ3n) is 8.37. The molecule has 0 aliphatic carbocycles. The van der Waals surface area contributed by atoms with Crippen molar-refractivity contribution in [1.29, 1.82) is 0 Å². The molecule has 3 heterocycles. The van der Waals surface area contributed by atoms with E-state index in [2.05, 4.69) is 132 Å². The largest absolute Gasteiger partial charge is 0.307 e. The van der Waals surface area contributed by atoms with Crippen LogP contribution in [0.2, 0.25) is 27.3 Å². The zero-order valence-electron chi connectivity index (χ0n) is 32.0. The Labute approximate surface area is 325 Å². The third kappa shape index (κ3) is 7.91. The normalized spacial score (nSPS) is 9.96. The molecule has 9 rings (SSSR count). The fraction of sp³-hybridized carbons (Fsp3) is 0.133. The summed E-state index contributed by atoms with van der Waals surface area (Å²) in [7, 11) is 18.0. The Hall–Kier alpha value is -5.81. The smallest absolute Gasteiger partial charge is 0.238 e. The van der Waals surface area contributed by atoms with Gasteiger partial charge in [-0.1, -0.05) is 169 Å². The molecule has 0 saturated carbocycles. The van der Waals surface area contributed by atoms with Gasteiger partial charge < -0.3 is 4.57 Å². The predicted molar refractivity (Wildman–Crippen MR) is 237 cm³/mol. The van der Waals surface area contributed by atoms with E-state index in [1.54, 1.807) is 0 Å². The van der Waals surface area contributed by atoms with E-state index in [4.69, 9.17) is 15.0 Å². The minimum absolute atomic E-state index is 0.585. The van der Waals surface area contributed by atoms with Gasteiger partial charge >= 0.3 is 0 Å². The summed E-state index contributed by atoms with van der Waals surface area (Å²) in [5, 5.41) is 4.69. The molecule has 0 aliphatic rings. The Morgan fingerprint density at radius 1 is 0.352 bits per heavy atom. The summed E-state index contributed by atoms with van der Waals surface area (Å²) in [6.07, 6.45) is 0. The van der Waals surface area contributed by atoms with Crippen molar-refractivity contribution in [3.05, 3.63) is 152 Å². The van der Waals surface area contributed by atoms with Gasteiger partial charge in [0.05, 0.1) is 53.5 Å². The van der Waals surface area contributed by atoms with Gasteiger partial charge in [-0.25, -0.2) is 4.98 Å². The van der Waals surface area contributed by atoms with Crippen LogP contribution in [0.4, 0.5) is 0 Å². The molecule has 0 amide bonds. The van der Waals surface area contributed by atoms with Crippen molar-refractivity contribution in [3.8, 4) is 34.4 Å². The van der Waals surface area contributed by atoms with Crippen LogP contribution in [0.25, 0.3) is 78.0 Å². The Kier molecular flexibility index (Phi) is 15.5. The Bertz CT molecular complexity index is 2440. The van der Waals surface area contributed by atoms with Crippen LogP contribution in [-0.2, 0) is 0 Å². The molecule has 0 N–H and O–H groups in total. The minimum Gasteiger partial charge on any atom is -0.307 e. The van der Waals surface area contributed by atoms with Gasteiger partial charge in [-0.15, -0.1) is 0 Å². The predicted octanol–water partition coefficient (Wildman–Crippen LogP) is 11.2. The van der Waals surface area contributed by atoms with E-state index in [1.807, 2.05) is 74.5 Å². The molecule has 9 aromatic rings. The van der Waals surface area contributed by atoms with Crippen LogP contribution in [0, 0.1) is 0 Å². The standard InChI is InChI=1S/C39H25N5.C2H6.4CH3B/c1-4-14-26(15-5-1)37-40-38(27-16-6-2-7-17-27)42-39(41-37)44-34-23-13-11-21-30(34)32-25-24-31-29-20-10-12-22-33(29)43(35(31)36(32)44)28-18-8-3-9-19-28;5*1-2/h1-25H;1-2H3;4*1H3. The van der Waals surface area contributed by atoms with Crippen LogP contribution >= 0.6 is 0 Å². The van der Waals surface area contributed by atoms with Gasteiger partial charge in [-0.05, 0) is 24.3 Å². The highest BCUT2D eigenvalue weighted by Gasteiger charge is 2.23. The summed E-state index contributed by atoms with van der Waals surface area (Å²) in [5.74, 6) is 1.86. The first-order chi connectivity index (χ1) is 26.8. The highest BCUT2D eigenvalue weighted by molar-refractivity contribution is 6.23. The number of rotatable bonds is 4. The van der Waals surface area contributed by atoms with Crippen LogP contribution < -0.4 is 0 Å². The van der Waals surface area contributed by atoms with Crippen molar-refractivity contribution >= 4 is 75.0 Å². The molecule has 9 heteroatoms. The van der Waals surface area contributed by atoms with Crippen molar-refractivity contribution in [1.82, 2.24) is 24.1 Å². The first-order valence-electron chi connectivity index (χ1n) is 18.0. The van der Waals surface area contributed by atoms with Crippen LogP contribution in [0.1, 0.15) is 13.8 Å². The average Bonchev–Trinajstić information content (AvgIpc) is 3.81. The van der Waals surface area contributed by atoms with Crippen molar-refractivity contribution in [3.63, 3.8) is 0 Å². The monoisotopic (exact) mass is 697 g/mol. The molecule has 3 aromatic heterocycles. The number of hydrogen-bond acceptors (Lipinski definition) is 3. The molecule has 0 bridgehead atoms. The second-order valence-corrected chi connectivity index (χ2v) is 10.9. The fourth-order valence-electron chi connectivity index (χ4n) is 6.45. The quantitative estimate of drug-likeness (QED) is 0.172. The Morgan fingerprint density at radius 2 is 0.704 bits per heavy atom. The SMILES string of the molecule is CC.[B]C.[B]C.[B]C.[B]C.c1ccc(-c2nc(-c3ccccc3)nc(-n3c4ccccc4c4ccc5c6ccccc6n(-c6ccccc6)c5c43)n2)cc1. The lowest BCUT2D eigenvalue weighted by atomic mass is 10.1. The van der Waals surface area contributed by atoms with Gasteiger partial charge in [0.1, 0.15) is 0 Å². The van der Waals surface area contributed by atoms with E-state index in [0.717, 1.165) is 49.7 Å². The first-order valence-corrected chi connectivity index (χ1v) is 18.0. The third-order valence-corrected chi connectivity index (χ3v) is 8.37. The van der Waals surface area contributed by atoms with Crippen LogP contribution in [0.3, 0.4) is 0 Å². The summed E-state index contributed by atoms with van der Waals surface area (Å²) in [6.45, 7) is 10.0. The molecule has 0 spiro atoms. The second kappa shape index (κ2) is 20.4. The van der Waals surface area contributed by atoms with E-state index >= 15 is 0 Å². The van der Waals surface area contributed by atoms with Gasteiger partial charge in [-0.2, -0.15) is 9.97 Å². The van der Waals surface area contributed by atoms with E-state index in [1.165, 1.54) is 38.1 Å². The van der Waals surface area contributed by atoms with Gasteiger partial charge in [0, 0.05) is 38.4 Å². The number of hydrogen-bond donors (Lipinski definition) is 0. The Morgan fingerprint density at radius 3 is 1.15 bits per heavy atom. The molecule has 6 aromatic carbocycles. The molecular weight excluding hydrogens is 654 g/mol. The summed E-state index contributed by atoms with van der Waals surface area (Å²) in [5.41, 5.74) is 7.37. The van der Waals surface area contributed by atoms with Gasteiger partial charge in [0.25, 0.3) is 0 Å². The van der Waals surface area contributed by atoms with Crippen LogP contribution in [0.15, 0.2) is 152 Å². The highest BCUT2D eigenvalue weighted by Crippen LogP contribution is 2.41. The van der Waals surface area contributed by atoms with Gasteiger partial charge in [0.15, 0.2) is 11.6 Å². The molecule has 260 valence electrons. The lowest BCUT2D eigenvalue weighted by Gasteiger charge is -2.13. The molecule has 0 fully saturated rings. The highest BCUT2D eigenvalue weighted by atomic mass is 15.2. The molecule has 8 radical (unpaired) electrons. The number of aromatic nitrogens is 5. The zero-order chi connectivity index (χ0) is 39.0. The minimum atomic E-state index is 0.585. The number of para-hydroxylation sites is 3. The van der Waals surface area contributed by atoms with E-state index in [9.17, 15) is 0 Å². The second-order valence-electron chi connectivity index (χ2n) is 10.9. The molecule has 54 heavy (non-hydrogen) atoms. The van der Waals surface area contributed by atoms with Crippen molar-refractivity contribution in [2.24, 2.45) is 0 Å². The topological polar surface area (TPSA) is 48.5 Å². The molecular formula is C45H43B4N5. The first kappa shape index (κ1) is 41.0. The maximum Gasteiger partial charge on any atom is 0.238 e. The van der Waals surface area contributed by atoms with Crippen molar-refractivity contribution in [2.45, 2.75) is 41.1 Å². The number of nitrogens with zero attached hydrogens (tertiary/aromatic N) is 5. The molecule has 0 saturated heterocycles. The average molecular weight is 697 g/mol. The summed E-state index contributed by atoms with van der Waals surface area (Å²) >= 11 is 0. The maximum atomic E-state index is 5.17. The van der Waals surface area contributed by atoms with E-state index in [0.29, 0.717) is 17.6 Å². The summed E-state index contributed by atoms with van der Waals surface area (Å²) < 4.78 is 4.60. The van der Waals surface area contributed by atoms with Gasteiger partial charge in [-0.3, -0.25) is 4.57 Å². The summed E-state index contributed by atoms with van der Waals surface area (Å²) in [4.78, 5) is 15.3. The lowest BCUT2D eigenvalue weighted by molar-refractivity contribution is 0.953. The maximum absolute atomic E-state index is 5.17. The van der Waals surface area contributed by atoms with E-state index < -0.39 is 0 Å². The molecule has 0 unspecified atom stereocenters. The number of fused-ring (bicyclic) bond motifs is 7. The van der Waals surface area contributed by atoms with Gasteiger partial charge in [0.2, 0.25) is 5.95 Å². The summed E-state index contributed by atoms with van der Waals surface area (Å²) in [6, 6.07) is 52.5.